The number of alkyl halides is 6. The number of rotatable bonds is 9. The predicted octanol–water partition coefficient (Wildman–Crippen LogP) is 7.04. The van der Waals surface area contributed by atoms with E-state index < -0.39 is 29.4 Å². The molecule has 4 aromatic rings. The molecule has 13 heteroatoms. The lowest BCUT2D eigenvalue weighted by Crippen LogP contribution is -2.24. The highest BCUT2D eigenvalue weighted by atomic mass is 32.1. The summed E-state index contributed by atoms with van der Waals surface area (Å²) in [6, 6.07) is 15.1. The van der Waals surface area contributed by atoms with Crippen molar-refractivity contribution in [2.75, 3.05) is 6.79 Å². The molecule has 0 aliphatic carbocycles. The molecule has 42 heavy (non-hydrogen) atoms. The molecule has 0 atom stereocenters. The van der Waals surface area contributed by atoms with Crippen molar-refractivity contribution in [2.45, 2.75) is 38.5 Å². The third kappa shape index (κ3) is 7.39. The third-order valence-corrected chi connectivity index (χ3v) is 7.19. The molecule has 0 saturated heterocycles. The van der Waals surface area contributed by atoms with Gasteiger partial charge in [-0.05, 0) is 47.0 Å². The molecule has 1 aliphatic rings. The molecule has 0 bridgehead atoms. The van der Waals surface area contributed by atoms with E-state index in [0.29, 0.717) is 28.6 Å². The normalized spacial score (nSPS) is 13.0. The summed E-state index contributed by atoms with van der Waals surface area (Å²) in [5.41, 5.74) is 0.0854. The third-order valence-electron chi connectivity index (χ3n) is 6.35. The molecule has 2 heterocycles. The SMILES string of the molecule is O=C(NCc1cccc(C(F)(F)F)c1)c1csc(CN(Cc2cccc(C(F)(F)F)c2)Cc2ccc3c(c2)OCO3)n1. The number of carbonyl (C=O) groups excluding carboxylic acids is 1. The van der Waals surface area contributed by atoms with E-state index in [2.05, 4.69) is 10.3 Å². The fraction of sp³-hybridized carbons (Fsp3) is 0.241. The Morgan fingerprint density at radius 2 is 1.43 bits per heavy atom. The quantitative estimate of drug-likeness (QED) is 0.207. The predicted molar refractivity (Wildman–Crippen MR) is 142 cm³/mol. The summed E-state index contributed by atoms with van der Waals surface area (Å²) >= 11 is 1.20. The standard InChI is InChI=1S/C29H23F6N3O3S/c30-28(31,32)21-5-1-3-18(9-21)12-36-27(39)23-16-42-26(37-23)15-38(13-19-4-2-6-22(10-19)29(33,34)35)14-20-7-8-24-25(11-20)41-17-40-24/h1-11,16H,12-15,17H2,(H,36,39). The highest BCUT2D eigenvalue weighted by Crippen LogP contribution is 2.34. The summed E-state index contributed by atoms with van der Waals surface area (Å²) in [6.45, 7) is 0.695. The van der Waals surface area contributed by atoms with Gasteiger partial charge in [-0.15, -0.1) is 11.3 Å². The number of ether oxygens (including phenoxy) is 2. The van der Waals surface area contributed by atoms with E-state index in [0.717, 1.165) is 29.8 Å². The zero-order chi connectivity index (χ0) is 29.9. The molecular formula is C29H23F6N3O3S. The summed E-state index contributed by atoms with van der Waals surface area (Å²) in [7, 11) is 0. The summed E-state index contributed by atoms with van der Waals surface area (Å²) in [5.74, 6) is 0.611. The second-order valence-corrected chi connectivity index (χ2v) is 10.5. The van der Waals surface area contributed by atoms with Crippen LogP contribution in [0.25, 0.3) is 0 Å². The van der Waals surface area contributed by atoms with Crippen molar-refractivity contribution in [3.8, 4) is 11.5 Å². The van der Waals surface area contributed by atoms with Crippen LogP contribution in [-0.4, -0.2) is 22.6 Å². The Morgan fingerprint density at radius 1 is 0.810 bits per heavy atom. The molecule has 6 nitrogen and oxygen atoms in total. The van der Waals surface area contributed by atoms with E-state index in [1.165, 1.54) is 34.9 Å². The van der Waals surface area contributed by atoms with Crippen LogP contribution in [0, 0.1) is 0 Å². The minimum absolute atomic E-state index is 0.0871. The van der Waals surface area contributed by atoms with Crippen LogP contribution in [0.3, 0.4) is 0 Å². The van der Waals surface area contributed by atoms with Gasteiger partial charge in [0.25, 0.3) is 5.91 Å². The maximum Gasteiger partial charge on any atom is 0.416 e. The van der Waals surface area contributed by atoms with E-state index in [4.69, 9.17) is 9.47 Å². The average Bonchev–Trinajstić information content (AvgIpc) is 3.60. The van der Waals surface area contributed by atoms with Gasteiger partial charge in [-0.2, -0.15) is 26.3 Å². The molecule has 0 fully saturated rings. The van der Waals surface area contributed by atoms with Gasteiger partial charge in [0.2, 0.25) is 6.79 Å². The number of nitrogens with one attached hydrogen (secondary N) is 1. The fourth-order valence-electron chi connectivity index (χ4n) is 4.38. The largest absolute Gasteiger partial charge is 0.454 e. The maximum absolute atomic E-state index is 13.3. The van der Waals surface area contributed by atoms with Gasteiger partial charge in [0.1, 0.15) is 10.7 Å². The van der Waals surface area contributed by atoms with Crippen LogP contribution < -0.4 is 14.8 Å². The van der Waals surface area contributed by atoms with Crippen LogP contribution in [0.2, 0.25) is 0 Å². The Kier molecular flexibility index (Phi) is 8.41. The van der Waals surface area contributed by atoms with Gasteiger partial charge < -0.3 is 14.8 Å². The number of fused-ring (bicyclic) bond motifs is 1. The number of nitrogens with zero attached hydrogens (tertiary/aromatic N) is 2. The Bertz CT molecular complexity index is 1570. The van der Waals surface area contributed by atoms with E-state index in [1.807, 2.05) is 11.0 Å². The van der Waals surface area contributed by atoms with Crippen molar-refractivity contribution in [3.63, 3.8) is 0 Å². The number of carbonyl (C=O) groups is 1. The minimum Gasteiger partial charge on any atom is -0.454 e. The monoisotopic (exact) mass is 607 g/mol. The van der Waals surface area contributed by atoms with E-state index in [-0.39, 0.29) is 37.7 Å². The molecule has 3 aromatic carbocycles. The molecule has 0 radical (unpaired) electrons. The molecular weight excluding hydrogens is 584 g/mol. The Morgan fingerprint density at radius 3 is 2.12 bits per heavy atom. The van der Waals surface area contributed by atoms with Crippen molar-refractivity contribution in [2.24, 2.45) is 0 Å². The lowest BCUT2D eigenvalue weighted by molar-refractivity contribution is -0.138. The van der Waals surface area contributed by atoms with E-state index in [9.17, 15) is 31.1 Å². The van der Waals surface area contributed by atoms with Crippen LogP contribution in [0.4, 0.5) is 26.3 Å². The van der Waals surface area contributed by atoms with Crippen molar-refractivity contribution in [3.05, 3.63) is 111 Å². The number of aromatic nitrogens is 1. The lowest BCUT2D eigenvalue weighted by Gasteiger charge is -2.22. The molecule has 5 rings (SSSR count). The highest BCUT2D eigenvalue weighted by Gasteiger charge is 2.31. The van der Waals surface area contributed by atoms with Crippen LogP contribution in [-0.2, 0) is 38.5 Å². The van der Waals surface area contributed by atoms with Crippen LogP contribution >= 0.6 is 11.3 Å². The van der Waals surface area contributed by atoms with Crippen molar-refractivity contribution in [1.29, 1.82) is 0 Å². The first kappa shape index (κ1) is 29.4. The fourth-order valence-corrected chi connectivity index (χ4v) is 5.19. The summed E-state index contributed by atoms with van der Waals surface area (Å²) < 4.78 is 89.7. The smallest absolute Gasteiger partial charge is 0.416 e. The van der Waals surface area contributed by atoms with Crippen LogP contribution in [0.15, 0.2) is 72.1 Å². The topological polar surface area (TPSA) is 63.7 Å². The molecule has 1 amide bonds. The van der Waals surface area contributed by atoms with Gasteiger partial charge in [-0.1, -0.05) is 36.4 Å². The molecule has 0 spiro atoms. The van der Waals surface area contributed by atoms with Gasteiger partial charge >= 0.3 is 12.4 Å². The number of hydrogen-bond acceptors (Lipinski definition) is 6. The zero-order valence-electron chi connectivity index (χ0n) is 21.8. The maximum atomic E-state index is 13.3. The van der Waals surface area contributed by atoms with Gasteiger partial charge in [-0.3, -0.25) is 9.69 Å². The highest BCUT2D eigenvalue weighted by molar-refractivity contribution is 7.09. The molecule has 1 N–H and O–H groups in total. The van der Waals surface area contributed by atoms with Gasteiger partial charge in [0.15, 0.2) is 11.5 Å². The first-order chi connectivity index (χ1) is 19.9. The van der Waals surface area contributed by atoms with E-state index in [1.54, 1.807) is 18.2 Å². The van der Waals surface area contributed by atoms with Crippen molar-refractivity contribution >= 4 is 17.2 Å². The second-order valence-electron chi connectivity index (χ2n) is 9.54. The van der Waals surface area contributed by atoms with Crippen LogP contribution in [0.5, 0.6) is 11.5 Å². The number of benzene rings is 3. The Balaban J connectivity index is 1.29. The van der Waals surface area contributed by atoms with Crippen molar-refractivity contribution in [1.82, 2.24) is 15.2 Å². The number of thiazole rings is 1. The second kappa shape index (κ2) is 12.0. The molecule has 220 valence electrons. The molecule has 0 unspecified atom stereocenters. The molecule has 1 aromatic heterocycles. The first-order valence-corrected chi connectivity index (χ1v) is 13.5. The summed E-state index contributed by atoms with van der Waals surface area (Å²) in [5, 5.41) is 4.64. The zero-order valence-corrected chi connectivity index (χ0v) is 22.6. The Hall–Kier alpha value is -4.10. The minimum atomic E-state index is -4.50. The van der Waals surface area contributed by atoms with Crippen LogP contribution in [0.1, 0.15) is 43.3 Å². The van der Waals surface area contributed by atoms with Gasteiger partial charge in [0.05, 0.1) is 17.7 Å². The average molecular weight is 608 g/mol. The summed E-state index contributed by atoms with van der Waals surface area (Å²) in [6.07, 6.45) is -8.98. The molecule has 0 saturated carbocycles. The Labute approximate surface area is 240 Å². The summed E-state index contributed by atoms with van der Waals surface area (Å²) in [4.78, 5) is 18.9. The lowest BCUT2D eigenvalue weighted by atomic mass is 10.1. The number of hydrogen-bond donors (Lipinski definition) is 1. The number of halogens is 6. The van der Waals surface area contributed by atoms with Gasteiger partial charge in [0, 0.05) is 25.0 Å². The molecule has 1 aliphatic heterocycles. The van der Waals surface area contributed by atoms with Gasteiger partial charge in [-0.25, -0.2) is 4.98 Å². The number of amides is 1. The van der Waals surface area contributed by atoms with E-state index >= 15 is 0 Å². The van der Waals surface area contributed by atoms with Crippen molar-refractivity contribution < 1.29 is 40.6 Å². The first-order valence-electron chi connectivity index (χ1n) is 12.6.